The van der Waals surface area contributed by atoms with E-state index in [-0.39, 0.29) is 0 Å². The highest BCUT2D eigenvalue weighted by Crippen LogP contribution is 2.34. The van der Waals surface area contributed by atoms with Crippen molar-refractivity contribution >= 4 is 34.8 Å². The highest BCUT2D eigenvalue weighted by molar-refractivity contribution is 6.39. The number of benzene rings is 1. The molecule has 2 aromatic rings. The fraction of sp³-hybridized carbons (Fsp3) is 0.182. The lowest BCUT2D eigenvalue weighted by Gasteiger charge is -2.02. The highest BCUT2D eigenvalue weighted by atomic mass is 35.5. The van der Waals surface area contributed by atoms with Crippen molar-refractivity contribution < 1.29 is 4.42 Å². The zero-order chi connectivity index (χ0) is 11.5. The Bertz CT molecular complexity index is 475. The average molecular weight is 277 g/mol. The molecule has 0 N–H and O–H groups in total. The number of nitrogens with zero attached hydrogens (tertiary/aromatic N) is 1. The van der Waals surface area contributed by atoms with Crippen LogP contribution >= 0.6 is 34.8 Å². The zero-order valence-electron chi connectivity index (χ0n) is 8.21. The minimum atomic E-state index is 0.468. The second kappa shape index (κ2) is 5.09. The van der Waals surface area contributed by atoms with Gasteiger partial charge in [0.1, 0.15) is 0 Å². The highest BCUT2D eigenvalue weighted by Gasteiger charge is 2.13. The third kappa shape index (κ3) is 2.34. The summed E-state index contributed by atoms with van der Waals surface area (Å²) in [4.78, 5) is 4.10. The number of hydrogen-bond acceptors (Lipinski definition) is 2. The molecule has 0 aliphatic carbocycles. The Kier molecular flexibility index (Phi) is 3.74. The molecule has 84 valence electrons. The Morgan fingerprint density at radius 2 is 1.88 bits per heavy atom. The molecule has 0 radical (unpaired) electrons. The van der Waals surface area contributed by atoms with Crippen molar-refractivity contribution in [3.8, 4) is 11.3 Å². The molecule has 5 heteroatoms. The van der Waals surface area contributed by atoms with E-state index in [9.17, 15) is 0 Å². The van der Waals surface area contributed by atoms with Gasteiger partial charge in [-0.05, 0) is 12.1 Å². The Hall–Kier alpha value is -0.700. The maximum atomic E-state index is 6.05. The Morgan fingerprint density at radius 1 is 1.19 bits per heavy atom. The van der Waals surface area contributed by atoms with Crippen molar-refractivity contribution in [1.82, 2.24) is 4.98 Å². The van der Waals surface area contributed by atoms with Crippen LogP contribution in [-0.2, 0) is 6.42 Å². The number of halogens is 3. The maximum absolute atomic E-state index is 6.05. The molecule has 0 fully saturated rings. The van der Waals surface area contributed by atoms with Crippen LogP contribution in [0, 0.1) is 0 Å². The van der Waals surface area contributed by atoms with E-state index in [4.69, 9.17) is 39.2 Å². The Labute approximate surface area is 108 Å². The van der Waals surface area contributed by atoms with E-state index in [1.807, 2.05) is 0 Å². The largest absolute Gasteiger partial charge is 0.441 e. The first-order valence-corrected chi connectivity index (χ1v) is 5.96. The van der Waals surface area contributed by atoms with Crippen LogP contribution in [0.5, 0.6) is 0 Å². The van der Waals surface area contributed by atoms with Gasteiger partial charge in [0.25, 0.3) is 0 Å². The van der Waals surface area contributed by atoms with E-state index in [1.165, 1.54) is 0 Å². The van der Waals surface area contributed by atoms with Crippen molar-refractivity contribution in [3.63, 3.8) is 0 Å². The molecule has 1 aromatic carbocycles. The summed E-state index contributed by atoms with van der Waals surface area (Å²) in [6.45, 7) is 0. The first kappa shape index (κ1) is 11.8. The van der Waals surface area contributed by atoms with Gasteiger partial charge >= 0.3 is 0 Å². The third-order valence-corrected chi connectivity index (χ3v) is 2.89. The van der Waals surface area contributed by atoms with Gasteiger partial charge in [-0.3, -0.25) is 0 Å². The number of oxazole rings is 1. The van der Waals surface area contributed by atoms with Crippen molar-refractivity contribution in [3.05, 3.63) is 40.3 Å². The van der Waals surface area contributed by atoms with Crippen molar-refractivity contribution in [2.24, 2.45) is 0 Å². The summed E-state index contributed by atoms with van der Waals surface area (Å²) >= 11 is 17.7. The smallest absolute Gasteiger partial charge is 0.196 e. The fourth-order valence-electron chi connectivity index (χ4n) is 1.36. The molecule has 1 heterocycles. The fourth-order valence-corrected chi connectivity index (χ4v) is 2.10. The predicted molar refractivity (Wildman–Crippen MR) is 66.4 cm³/mol. The SMILES string of the molecule is ClCCc1ncc(-c2c(Cl)cccc2Cl)o1. The molecular formula is C11H8Cl3NO. The molecule has 0 aliphatic heterocycles. The van der Waals surface area contributed by atoms with Crippen LogP contribution in [0.2, 0.25) is 10.0 Å². The molecule has 0 unspecified atom stereocenters. The lowest BCUT2D eigenvalue weighted by atomic mass is 10.2. The topological polar surface area (TPSA) is 26.0 Å². The second-order valence-electron chi connectivity index (χ2n) is 3.15. The first-order chi connectivity index (χ1) is 7.72. The Morgan fingerprint density at radius 3 is 2.50 bits per heavy atom. The summed E-state index contributed by atoms with van der Waals surface area (Å²) in [7, 11) is 0. The summed E-state index contributed by atoms with van der Waals surface area (Å²) < 4.78 is 5.51. The number of rotatable bonds is 3. The minimum Gasteiger partial charge on any atom is -0.441 e. The van der Waals surface area contributed by atoms with E-state index >= 15 is 0 Å². The second-order valence-corrected chi connectivity index (χ2v) is 4.35. The predicted octanol–water partition coefficient (Wildman–Crippen LogP) is 4.43. The van der Waals surface area contributed by atoms with Crippen molar-refractivity contribution in [2.45, 2.75) is 6.42 Å². The van der Waals surface area contributed by atoms with Gasteiger partial charge in [0.2, 0.25) is 0 Å². The molecule has 0 atom stereocenters. The van der Waals surface area contributed by atoms with Crippen LogP contribution in [-0.4, -0.2) is 10.9 Å². The summed E-state index contributed by atoms with van der Waals surface area (Å²) in [5, 5.41) is 1.09. The van der Waals surface area contributed by atoms with Crippen LogP contribution in [0.15, 0.2) is 28.8 Å². The van der Waals surface area contributed by atoms with Gasteiger partial charge < -0.3 is 4.42 Å². The van der Waals surface area contributed by atoms with Crippen molar-refractivity contribution in [2.75, 3.05) is 5.88 Å². The van der Waals surface area contributed by atoms with E-state index in [0.717, 1.165) is 0 Å². The van der Waals surface area contributed by atoms with Crippen LogP contribution in [0.25, 0.3) is 11.3 Å². The van der Waals surface area contributed by atoms with Gasteiger partial charge in [0.15, 0.2) is 11.7 Å². The van der Waals surface area contributed by atoms with Gasteiger partial charge in [0.05, 0.1) is 21.8 Å². The number of alkyl halides is 1. The molecule has 1 aromatic heterocycles. The van der Waals surface area contributed by atoms with E-state index in [1.54, 1.807) is 24.4 Å². The Balaban J connectivity index is 2.42. The maximum Gasteiger partial charge on any atom is 0.196 e. The van der Waals surface area contributed by atoms with Crippen LogP contribution in [0.3, 0.4) is 0 Å². The van der Waals surface area contributed by atoms with Crippen LogP contribution in [0.1, 0.15) is 5.89 Å². The average Bonchev–Trinajstić information content (AvgIpc) is 2.67. The first-order valence-electron chi connectivity index (χ1n) is 4.67. The number of hydrogen-bond donors (Lipinski definition) is 0. The van der Waals surface area contributed by atoms with Gasteiger partial charge in [-0.25, -0.2) is 4.98 Å². The molecule has 16 heavy (non-hydrogen) atoms. The van der Waals surface area contributed by atoms with Gasteiger partial charge in [-0.1, -0.05) is 29.3 Å². The molecule has 0 saturated heterocycles. The van der Waals surface area contributed by atoms with E-state index < -0.39 is 0 Å². The molecule has 2 nitrogen and oxygen atoms in total. The van der Waals surface area contributed by atoms with Crippen molar-refractivity contribution in [1.29, 1.82) is 0 Å². The summed E-state index contributed by atoms with van der Waals surface area (Å²) in [5.74, 6) is 1.62. The van der Waals surface area contributed by atoms with E-state index in [0.29, 0.717) is 39.6 Å². The van der Waals surface area contributed by atoms with Gasteiger partial charge in [0, 0.05) is 12.3 Å². The lowest BCUT2D eigenvalue weighted by Crippen LogP contribution is -1.83. The number of aromatic nitrogens is 1. The molecule has 0 amide bonds. The summed E-state index contributed by atoms with van der Waals surface area (Å²) in [6, 6.07) is 5.29. The molecule has 0 bridgehead atoms. The van der Waals surface area contributed by atoms with E-state index in [2.05, 4.69) is 4.98 Å². The van der Waals surface area contributed by atoms with Crippen LogP contribution in [0.4, 0.5) is 0 Å². The molecule has 2 rings (SSSR count). The molecule has 0 saturated carbocycles. The standard InChI is InChI=1S/C11H8Cl3NO/c12-5-4-10-15-6-9(16-10)11-7(13)2-1-3-8(11)14/h1-3,6H,4-5H2. The molecule has 0 aliphatic rings. The minimum absolute atomic E-state index is 0.468. The molecular weight excluding hydrogens is 268 g/mol. The summed E-state index contributed by atoms with van der Waals surface area (Å²) in [5.41, 5.74) is 0.666. The van der Waals surface area contributed by atoms with Crippen LogP contribution < -0.4 is 0 Å². The lowest BCUT2D eigenvalue weighted by molar-refractivity contribution is 0.515. The van der Waals surface area contributed by atoms with Gasteiger partial charge in [-0.15, -0.1) is 11.6 Å². The normalized spacial score (nSPS) is 10.7. The number of aryl methyl sites for hydroxylation is 1. The zero-order valence-corrected chi connectivity index (χ0v) is 10.5. The third-order valence-electron chi connectivity index (χ3n) is 2.07. The summed E-state index contributed by atoms with van der Waals surface area (Å²) in [6.07, 6.45) is 2.19. The quantitative estimate of drug-likeness (QED) is 0.775. The molecule has 0 spiro atoms. The van der Waals surface area contributed by atoms with Gasteiger partial charge in [-0.2, -0.15) is 0 Å². The monoisotopic (exact) mass is 275 g/mol.